The lowest BCUT2D eigenvalue weighted by Gasteiger charge is -2.06. The lowest BCUT2D eigenvalue weighted by molar-refractivity contribution is 0.415. The first-order valence-electron chi connectivity index (χ1n) is 5.23. The molecule has 3 heteroatoms. The van der Waals surface area contributed by atoms with Crippen molar-refractivity contribution in [1.29, 1.82) is 0 Å². The van der Waals surface area contributed by atoms with E-state index >= 15 is 0 Å². The molecule has 0 aliphatic carbocycles. The standard InChI is InChI=1S/C12H19NOS/c1-14-12-7-5-11(6-8-12)13-9-3-4-10-15-2/h5-8,13H,3-4,9-10H2,1-2H3. The van der Waals surface area contributed by atoms with Crippen molar-refractivity contribution in [2.45, 2.75) is 12.8 Å². The highest BCUT2D eigenvalue weighted by atomic mass is 32.2. The molecule has 1 aromatic rings. The first kappa shape index (κ1) is 12.2. The van der Waals surface area contributed by atoms with Crippen LogP contribution in [0.25, 0.3) is 0 Å². The lowest BCUT2D eigenvalue weighted by Crippen LogP contribution is -2.01. The maximum absolute atomic E-state index is 5.10. The molecule has 1 aromatic carbocycles. The van der Waals surface area contributed by atoms with Crippen LogP contribution in [0, 0.1) is 0 Å². The largest absolute Gasteiger partial charge is 0.497 e. The second-order valence-electron chi connectivity index (χ2n) is 3.36. The van der Waals surface area contributed by atoms with Crippen LogP contribution in [0.5, 0.6) is 5.75 Å². The highest BCUT2D eigenvalue weighted by Gasteiger charge is 1.93. The Balaban J connectivity index is 2.20. The molecule has 0 aromatic heterocycles. The molecule has 84 valence electrons. The fraction of sp³-hybridized carbons (Fsp3) is 0.500. The van der Waals surface area contributed by atoms with Gasteiger partial charge in [-0.3, -0.25) is 0 Å². The second kappa shape index (κ2) is 7.46. The van der Waals surface area contributed by atoms with Crippen molar-refractivity contribution in [3.8, 4) is 5.75 Å². The predicted molar refractivity (Wildman–Crippen MR) is 69.1 cm³/mol. The molecule has 0 radical (unpaired) electrons. The van der Waals surface area contributed by atoms with Crippen LogP contribution in [0.3, 0.4) is 0 Å². The van der Waals surface area contributed by atoms with Gasteiger partial charge < -0.3 is 10.1 Å². The zero-order chi connectivity index (χ0) is 10.9. The van der Waals surface area contributed by atoms with E-state index in [2.05, 4.69) is 11.6 Å². The first-order valence-corrected chi connectivity index (χ1v) is 6.63. The Labute approximate surface area is 96.4 Å². The molecule has 0 atom stereocenters. The van der Waals surface area contributed by atoms with E-state index < -0.39 is 0 Å². The summed E-state index contributed by atoms with van der Waals surface area (Å²) >= 11 is 1.91. The summed E-state index contributed by atoms with van der Waals surface area (Å²) < 4.78 is 5.10. The number of benzene rings is 1. The van der Waals surface area contributed by atoms with Gasteiger partial charge in [-0.25, -0.2) is 0 Å². The SMILES string of the molecule is COc1ccc(NCCCCSC)cc1. The van der Waals surface area contributed by atoms with Crippen LogP contribution in [0.1, 0.15) is 12.8 Å². The van der Waals surface area contributed by atoms with Gasteiger partial charge in [0.25, 0.3) is 0 Å². The Kier molecular flexibility index (Phi) is 6.09. The van der Waals surface area contributed by atoms with Gasteiger partial charge in [-0.15, -0.1) is 0 Å². The van der Waals surface area contributed by atoms with E-state index in [1.54, 1.807) is 7.11 Å². The van der Waals surface area contributed by atoms with Crippen LogP contribution < -0.4 is 10.1 Å². The molecular weight excluding hydrogens is 206 g/mol. The number of methoxy groups -OCH3 is 1. The maximum Gasteiger partial charge on any atom is 0.119 e. The molecule has 0 fully saturated rings. The average molecular weight is 225 g/mol. The summed E-state index contributed by atoms with van der Waals surface area (Å²) in [5.74, 6) is 2.16. The van der Waals surface area contributed by atoms with Gasteiger partial charge in [-0.2, -0.15) is 11.8 Å². The van der Waals surface area contributed by atoms with Crippen molar-refractivity contribution in [3.63, 3.8) is 0 Å². The smallest absolute Gasteiger partial charge is 0.119 e. The number of rotatable bonds is 7. The zero-order valence-corrected chi connectivity index (χ0v) is 10.3. The van der Waals surface area contributed by atoms with Crippen LogP contribution in [0.2, 0.25) is 0 Å². The van der Waals surface area contributed by atoms with Crippen molar-refractivity contribution >= 4 is 17.4 Å². The molecule has 0 aliphatic heterocycles. The molecule has 15 heavy (non-hydrogen) atoms. The van der Waals surface area contributed by atoms with E-state index in [9.17, 15) is 0 Å². The summed E-state index contributed by atoms with van der Waals surface area (Å²) in [6.45, 7) is 1.05. The van der Waals surface area contributed by atoms with Crippen LogP contribution in [-0.2, 0) is 0 Å². The van der Waals surface area contributed by atoms with E-state index in [0.29, 0.717) is 0 Å². The third-order valence-electron chi connectivity index (χ3n) is 2.19. The van der Waals surface area contributed by atoms with Crippen LogP contribution in [0.15, 0.2) is 24.3 Å². The number of nitrogens with one attached hydrogen (secondary N) is 1. The Morgan fingerprint density at radius 2 is 1.93 bits per heavy atom. The molecule has 0 heterocycles. The Hall–Kier alpha value is -0.830. The summed E-state index contributed by atoms with van der Waals surface area (Å²) in [6, 6.07) is 8.05. The Morgan fingerprint density at radius 3 is 2.53 bits per heavy atom. The second-order valence-corrected chi connectivity index (χ2v) is 4.34. The molecule has 0 unspecified atom stereocenters. The van der Waals surface area contributed by atoms with Crippen LogP contribution in [-0.4, -0.2) is 25.7 Å². The van der Waals surface area contributed by atoms with Crippen LogP contribution >= 0.6 is 11.8 Å². The molecule has 0 saturated carbocycles. The topological polar surface area (TPSA) is 21.3 Å². The van der Waals surface area contributed by atoms with Gasteiger partial charge in [-0.1, -0.05) is 0 Å². The van der Waals surface area contributed by atoms with Gasteiger partial charge >= 0.3 is 0 Å². The minimum absolute atomic E-state index is 0.905. The summed E-state index contributed by atoms with van der Waals surface area (Å²) in [4.78, 5) is 0. The van der Waals surface area contributed by atoms with Crippen molar-refractivity contribution < 1.29 is 4.74 Å². The average Bonchev–Trinajstić information content (AvgIpc) is 2.30. The van der Waals surface area contributed by atoms with E-state index in [-0.39, 0.29) is 0 Å². The molecular formula is C12H19NOS. The van der Waals surface area contributed by atoms with E-state index in [0.717, 1.165) is 12.3 Å². The molecule has 1 rings (SSSR count). The summed E-state index contributed by atoms with van der Waals surface area (Å²) in [5, 5.41) is 3.39. The van der Waals surface area contributed by atoms with Gasteiger partial charge in [0, 0.05) is 12.2 Å². The van der Waals surface area contributed by atoms with Gasteiger partial charge in [0.1, 0.15) is 5.75 Å². The number of hydrogen-bond donors (Lipinski definition) is 1. The number of hydrogen-bond acceptors (Lipinski definition) is 3. The fourth-order valence-electron chi connectivity index (χ4n) is 1.31. The Bertz CT molecular complexity index is 261. The number of ether oxygens (including phenoxy) is 1. The highest BCUT2D eigenvalue weighted by molar-refractivity contribution is 7.98. The van der Waals surface area contributed by atoms with E-state index in [1.165, 1.54) is 24.3 Å². The molecule has 2 nitrogen and oxygen atoms in total. The van der Waals surface area contributed by atoms with E-state index in [4.69, 9.17) is 4.74 Å². The molecule has 0 bridgehead atoms. The number of anilines is 1. The fourth-order valence-corrected chi connectivity index (χ4v) is 1.81. The molecule has 0 spiro atoms. The lowest BCUT2D eigenvalue weighted by atomic mass is 10.3. The quantitative estimate of drug-likeness (QED) is 0.720. The van der Waals surface area contributed by atoms with Gasteiger partial charge in [0.2, 0.25) is 0 Å². The predicted octanol–water partition coefficient (Wildman–Crippen LogP) is 3.25. The van der Waals surface area contributed by atoms with Gasteiger partial charge in [0.15, 0.2) is 0 Å². The molecule has 0 amide bonds. The number of thioether (sulfide) groups is 1. The van der Waals surface area contributed by atoms with Crippen LogP contribution in [0.4, 0.5) is 5.69 Å². The van der Waals surface area contributed by atoms with Gasteiger partial charge in [-0.05, 0) is 49.1 Å². The summed E-state index contributed by atoms with van der Waals surface area (Å²) in [5.41, 5.74) is 1.17. The molecule has 0 saturated heterocycles. The summed E-state index contributed by atoms with van der Waals surface area (Å²) in [6.07, 6.45) is 4.66. The van der Waals surface area contributed by atoms with Crippen molar-refractivity contribution in [3.05, 3.63) is 24.3 Å². The minimum Gasteiger partial charge on any atom is -0.497 e. The number of unbranched alkanes of at least 4 members (excludes halogenated alkanes) is 1. The summed E-state index contributed by atoms with van der Waals surface area (Å²) in [7, 11) is 1.69. The molecule has 1 N–H and O–H groups in total. The normalized spacial score (nSPS) is 10.0. The van der Waals surface area contributed by atoms with Crippen molar-refractivity contribution in [2.24, 2.45) is 0 Å². The highest BCUT2D eigenvalue weighted by Crippen LogP contribution is 2.14. The van der Waals surface area contributed by atoms with Gasteiger partial charge in [0.05, 0.1) is 7.11 Å². The van der Waals surface area contributed by atoms with E-state index in [1.807, 2.05) is 36.0 Å². The minimum atomic E-state index is 0.905. The monoisotopic (exact) mass is 225 g/mol. The first-order chi connectivity index (χ1) is 7.36. The van der Waals surface area contributed by atoms with Crippen molar-refractivity contribution in [2.75, 3.05) is 31.0 Å². The maximum atomic E-state index is 5.10. The van der Waals surface area contributed by atoms with Crippen molar-refractivity contribution in [1.82, 2.24) is 0 Å². The Morgan fingerprint density at radius 1 is 1.20 bits per heavy atom. The third-order valence-corrected chi connectivity index (χ3v) is 2.89. The third kappa shape index (κ3) is 4.98. The zero-order valence-electron chi connectivity index (χ0n) is 9.45. The molecule has 0 aliphatic rings.